The predicted molar refractivity (Wildman–Crippen MR) is 89.2 cm³/mol. The number of carbonyl (C=O) groups is 2. The quantitative estimate of drug-likeness (QED) is 0.760. The van der Waals surface area contributed by atoms with Gasteiger partial charge in [0.2, 0.25) is 0 Å². The summed E-state index contributed by atoms with van der Waals surface area (Å²) in [5.74, 6) is -0.497. The second-order valence-electron chi connectivity index (χ2n) is 5.41. The van der Waals surface area contributed by atoms with Crippen LogP contribution in [-0.4, -0.2) is 11.8 Å². The molecule has 0 saturated carbocycles. The lowest BCUT2D eigenvalue weighted by atomic mass is 10.1. The Hall–Kier alpha value is -3.28. The predicted octanol–water partition coefficient (Wildman–Crippen LogP) is 3.99. The van der Waals surface area contributed by atoms with Crippen LogP contribution in [0.4, 0.5) is 11.4 Å². The number of carbonyl (C=O) groups excluding carboxylic acids is 2. The molecule has 122 valence electrons. The van der Waals surface area contributed by atoms with Crippen LogP contribution >= 0.6 is 0 Å². The minimum absolute atomic E-state index is 0.249. The molecule has 0 bridgehead atoms. The van der Waals surface area contributed by atoms with Crippen LogP contribution < -0.4 is 10.6 Å². The summed E-state index contributed by atoms with van der Waals surface area (Å²) >= 11 is 0. The van der Waals surface area contributed by atoms with Crippen LogP contribution in [0, 0.1) is 13.8 Å². The van der Waals surface area contributed by atoms with E-state index in [-0.39, 0.29) is 11.8 Å². The molecule has 0 atom stereocenters. The van der Waals surface area contributed by atoms with E-state index in [4.69, 9.17) is 8.83 Å². The third-order valence-electron chi connectivity index (χ3n) is 3.63. The molecule has 2 amide bonds. The summed E-state index contributed by atoms with van der Waals surface area (Å²) in [7, 11) is 0. The van der Waals surface area contributed by atoms with E-state index < -0.39 is 0 Å². The normalized spacial score (nSPS) is 10.4. The zero-order chi connectivity index (χ0) is 17.1. The SMILES string of the molecule is Cc1cc(NC(=O)c2ccoc2)c(C)cc1NC(=O)c1ccoc1. The minimum Gasteiger partial charge on any atom is -0.472 e. The van der Waals surface area contributed by atoms with Gasteiger partial charge in [0.15, 0.2) is 0 Å². The number of hydrogen-bond donors (Lipinski definition) is 2. The highest BCUT2D eigenvalue weighted by Gasteiger charge is 2.13. The van der Waals surface area contributed by atoms with Crippen molar-refractivity contribution in [3.05, 3.63) is 71.6 Å². The monoisotopic (exact) mass is 324 g/mol. The number of rotatable bonds is 4. The zero-order valence-corrected chi connectivity index (χ0v) is 13.3. The van der Waals surface area contributed by atoms with Crippen LogP contribution in [0.25, 0.3) is 0 Å². The van der Waals surface area contributed by atoms with Crippen molar-refractivity contribution in [1.82, 2.24) is 0 Å². The maximum atomic E-state index is 12.1. The molecule has 2 N–H and O–H groups in total. The molecule has 2 heterocycles. The van der Waals surface area contributed by atoms with Gasteiger partial charge in [-0.3, -0.25) is 9.59 Å². The third kappa shape index (κ3) is 3.22. The molecule has 6 nitrogen and oxygen atoms in total. The van der Waals surface area contributed by atoms with E-state index in [9.17, 15) is 9.59 Å². The van der Waals surface area contributed by atoms with Gasteiger partial charge in [-0.2, -0.15) is 0 Å². The van der Waals surface area contributed by atoms with Gasteiger partial charge in [-0.1, -0.05) is 0 Å². The molecule has 0 aliphatic carbocycles. The molecule has 1 aromatic carbocycles. The molecule has 0 fully saturated rings. The average Bonchev–Trinajstić information content (AvgIpc) is 3.24. The Labute approximate surface area is 138 Å². The van der Waals surface area contributed by atoms with Crippen molar-refractivity contribution in [2.75, 3.05) is 10.6 Å². The van der Waals surface area contributed by atoms with Crippen molar-refractivity contribution >= 4 is 23.2 Å². The minimum atomic E-state index is -0.249. The van der Waals surface area contributed by atoms with E-state index in [1.165, 1.54) is 25.1 Å². The highest BCUT2D eigenvalue weighted by molar-refractivity contribution is 6.06. The fourth-order valence-electron chi connectivity index (χ4n) is 2.26. The number of amides is 2. The van der Waals surface area contributed by atoms with E-state index in [2.05, 4.69) is 10.6 Å². The first-order valence-corrected chi connectivity index (χ1v) is 7.33. The van der Waals surface area contributed by atoms with Gasteiger partial charge in [0.05, 0.1) is 23.7 Å². The molecule has 6 heteroatoms. The van der Waals surface area contributed by atoms with Crippen LogP contribution in [0.3, 0.4) is 0 Å². The molecule has 0 aliphatic rings. The number of nitrogens with one attached hydrogen (secondary N) is 2. The van der Waals surface area contributed by atoms with Crippen LogP contribution in [0.1, 0.15) is 31.8 Å². The Bertz CT molecular complexity index is 791. The molecule has 0 unspecified atom stereocenters. The van der Waals surface area contributed by atoms with Gasteiger partial charge in [-0.05, 0) is 49.2 Å². The van der Waals surface area contributed by atoms with Crippen molar-refractivity contribution in [3.63, 3.8) is 0 Å². The molecule has 0 radical (unpaired) electrons. The Morgan fingerprint density at radius 1 is 0.792 bits per heavy atom. The van der Waals surface area contributed by atoms with Crippen molar-refractivity contribution in [2.24, 2.45) is 0 Å². The number of benzene rings is 1. The Morgan fingerprint density at radius 3 is 1.54 bits per heavy atom. The first-order valence-electron chi connectivity index (χ1n) is 7.33. The molecule has 3 rings (SSSR count). The summed E-state index contributed by atoms with van der Waals surface area (Å²) in [6.45, 7) is 3.72. The van der Waals surface area contributed by atoms with Crippen molar-refractivity contribution in [3.8, 4) is 0 Å². The highest BCUT2D eigenvalue weighted by Crippen LogP contribution is 2.25. The lowest BCUT2D eigenvalue weighted by molar-refractivity contribution is 0.101. The first kappa shape index (κ1) is 15.6. The number of aryl methyl sites for hydroxylation is 2. The molecule has 0 saturated heterocycles. The molecule has 24 heavy (non-hydrogen) atoms. The molecular weight excluding hydrogens is 308 g/mol. The van der Waals surface area contributed by atoms with Crippen molar-refractivity contribution in [2.45, 2.75) is 13.8 Å². The van der Waals surface area contributed by atoms with Gasteiger partial charge in [0.25, 0.3) is 11.8 Å². The maximum Gasteiger partial charge on any atom is 0.258 e. The largest absolute Gasteiger partial charge is 0.472 e. The van der Waals surface area contributed by atoms with Crippen LogP contribution in [0.2, 0.25) is 0 Å². The summed E-state index contributed by atoms with van der Waals surface area (Å²) < 4.78 is 9.82. The smallest absolute Gasteiger partial charge is 0.258 e. The van der Waals surface area contributed by atoms with E-state index in [1.54, 1.807) is 12.1 Å². The van der Waals surface area contributed by atoms with E-state index in [0.29, 0.717) is 22.5 Å². The lowest BCUT2D eigenvalue weighted by Crippen LogP contribution is -2.14. The number of furan rings is 2. The second kappa shape index (κ2) is 6.45. The average molecular weight is 324 g/mol. The summed E-state index contributed by atoms with van der Waals surface area (Å²) in [5, 5.41) is 5.67. The van der Waals surface area contributed by atoms with Crippen molar-refractivity contribution in [1.29, 1.82) is 0 Å². The second-order valence-corrected chi connectivity index (χ2v) is 5.41. The molecular formula is C18H16N2O4. The Morgan fingerprint density at radius 2 is 1.21 bits per heavy atom. The van der Waals surface area contributed by atoms with Gasteiger partial charge in [0, 0.05) is 11.4 Å². The number of anilines is 2. The summed E-state index contributed by atoms with van der Waals surface area (Å²) in [4.78, 5) is 24.2. The summed E-state index contributed by atoms with van der Waals surface area (Å²) in [6, 6.07) is 6.82. The van der Waals surface area contributed by atoms with E-state index in [0.717, 1.165) is 11.1 Å². The molecule has 0 aliphatic heterocycles. The van der Waals surface area contributed by atoms with Crippen LogP contribution in [0.5, 0.6) is 0 Å². The molecule has 0 spiro atoms. The third-order valence-corrected chi connectivity index (χ3v) is 3.63. The topological polar surface area (TPSA) is 84.5 Å². The first-order chi connectivity index (χ1) is 11.5. The fourth-order valence-corrected chi connectivity index (χ4v) is 2.26. The Balaban J connectivity index is 1.78. The molecule has 3 aromatic rings. The summed E-state index contributed by atoms with van der Waals surface area (Å²) in [6.07, 6.45) is 5.66. The van der Waals surface area contributed by atoms with Gasteiger partial charge in [-0.25, -0.2) is 0 Å². The van der Waals surface area contributed by atoms with Gasteiger partial charge < -0.3 is 19.5 Å². The van der Waals surface area contributed by atoms with Crippen LogP contribution in [-0.2, 0) is 0 Å². The highest BCUT2D eigenvalue weighted by atomic mass is 16.3. The molecule has 2 aromatic heterocycles. The zero-order valence-electron chi connectivity index (χ0n) is 13.3. The van der Waals surface area contributed by atoms with Gasteiger partial charge in [0.1, 0.15) is 12.5 Å². The van der Waals surface area contributed by atoms with Crippen molar-refractivity contribution < 1.29 is 18.4 Å². The van der Waals surface area contributed by atoms with E-state index >= 15 is 0 Å². The lowest BCUT2D eigenvalue weighted by Gasteiger charge is -2.13. The fraction of sp³-hybridized carbons (Fsp3) is 0.111. The number of hydrogen-bond acceptors (Lipinski definition) is 4. The standard InChI is InChI=1S/C18H16N2O4/c1-11-7-16(20-18(22)14-4-6-24-10-14)12(2)8-15(11)19-17(21)13-3-5-23-9-13/h3-10H,1-2H3,(H,19,21)(H,20,22). The van der Waals surface area contributed by atoms with E-state index in [1.807, 2.05) is 26.0 Å². The maximum absolute atomic E-state index is 12.1. The summed E-state index contributed by atoms with van der Waals surface area (Å²) in [5.41, 5.74) is 3.92. The Kier molecular flexibility index (Phi) is 4.20. The van der Waals surface area contributed by atoms with Crippen LogP contribution in [0.15, 0.2) is 58.2 Å². The van der Waals surface area contributed by atoms with Gasteiger partial charge in [-0.15, -0.1) is 0 Å². The van der Waals surface area contributed by atoms with Gasteiger partial charge >= 0.3 is 0 Å².